The molecular weight excluding hydrogens is 221 g/mol. The quantitative estimate of drug-likeness (QED) is 0.831. The molecule has 0 heterocycles. The van der Waals surface area contributed by atoms with E-state index in [1.807, 2.05) is 0 Å². The van der Waals surface area contributed by atoms with Gasteiger partial charge in [-0.05, 0) is 25.0 Å². The van der Waals surface area contributed by atoms with Gasteiger partial charge in [-0.2, -0.15) is 0 Å². The molecule has 3 nitrogen and oxygen atoms in total. The number of hydrogen-bond acceptors (Lipinski definition) is 2. The van der Waals surface area contributed by atoms with Gasteiger partial charge in [0.15, 0.2) is 0 Å². The van der Waals surface area contributed by atoms with Crippen molar-refractivity contribution in [3.05, 3.63) is 34.6 Å². The second kappa shape index (κ2) is 5.09. The molecule has 0 aliphatic heterocycles. The maximum atomic E-state index is 13.2. The SMILES string of the molecule is N[C@@H](CCc1c(F)cccc1Cl)C(=O)O. The minimum Gasteiger partial charge on any atom is -0.480 e. The van der Waals surface area contributed by atoms with Gasteiger partial charge < -0.3 is 10.8 Å². The van der Waals surface area contributed by atoms with Crippen LogP contribution in [0.15, 0.2) is 18.2 Å². The fourth-order valence-corrected chi connectivity index (χ4v) is 1.45. The van der Waals surface area contributed by atoms with Crippen LogP contribution in [0, 0.1) is 5.82 Å². The van der Waals surface area contributed by atoms with E-state index >= 15 is 0 Å². The molecule has 0 fully saturated rings. The summed E-state index contributed by atoms with van der Waals surface area (Å²) in [5, 5.41) is 8.85. The van der Waals surface area contributed by atoms with E-state index in [2.05, 4.69) is 0 Å². The summed E-state index contributed by atoms with van der Waals surface area (Å²) < 4.78 is 13.2. The van der Waals surface area contributed by atoms with Crippen LogP contribution in [0.1, 0.15) is 12.0 Å². The lowest BCUT2D eigenvalue weighted by Gasteiger charge is -2.08. The summed E-state index contributed by atoms with van der Waals surface area (Å²) in [6.07, 6.45) is 0.384. The zero-order valence-corrected chi connectivity index (χ0v) is 8.67. The van der Waals surface area contributed by atoms with Crippen LogP contribution >= 0.6 is 11.6 Å². The molecule has 0 aliphatic carbocycles. The molecule has 0 saturated heterocycles. The lowest BCUT2D eigenvalue weighted by Crippen LogP contribution is -2.30. The van der Waals surface area contributed by atoms with E-state index in [1.54, 1.807) is 6.07 Å². The second-order valence-corrected chi connectivity index (χ2v) is 3.59. The molecule has 0 unspecified atom stereocenters. The third-order valence-corrected chi connectivity index (χ3v) is 2.44. The number of carboxylic acids is 1. The lowest BCUT2D eigenvalue weighted by molar-refractivity contribution is -0.138. The highest BCUT2D eigenvalue weighted by Gasteiger charge is 2.14. The molecule has 15 heavy (non-hydrogen) atoms. The molecule has 0 bridgehead atoms. The molecule has 1 aromatic rings. The van der Waals surface area contributed by atoms with Crippen LogP contribution in [-0.4, -0.2) is 17.1 Å². The number of nitrogens with two attached hydrogens (primary N) is 1. The van der Waals surface area contributed by atoms with Crippen LogP contribution < -0.4 is 5.73 Å². The number of carbonyl (C=O) groups is 1. The predicted molar refractivity (Wildman–Crippen MR) is 55.3 cm³/mol. The number of carboxylic acid groups (broad SMARTS) is 1. The van der Waals surface area contributed by atoms with Gasteiger partial charge in [0, 0.05) is 10.6 Å². The minimum atomic E-state index is -1.09. The van der Waals surface area contributed by atoms with E-state index in [0.29, 0.717) is 10.6 Å². The summed E-state index contributed by atoms with van der Waals surface area (Å²) in [5.41, 5.74) is 5.62. The van der Waals surface area contributed by atoms with E-state index < -0.39 is 17.8 Å². The minimum absolute atomic E-state index is 0.163. The van der Waals surface area contributed by atoms with Crippen LogP contribution in [-0.2, 0) is 11.2 Å². The Morgan fingerprint density at radius 1 is 1.60 bits per heavy atom. The smallest absolute Gasteiger partial charge is 0.320 e. The Bertz CT molecular complexity index is 350. The maximum Gasteiger partial charge on any atom is 0.320 e. The standard InChI is InChI=1S/C10H11ClFNO2/c11-7-2-1-3-8(12)6(7)4-5-9(13)10(14)15/h1-3,9H,4-5,13H2,(H,14,15)/t9-/m0/s1. The van der Waals surface area contributed by atoms with Crippen molar-refractivity contribution in [2.75, 3.05) is 0 Å². The number of halogens is 2. The van der Waals surface area contributed by atoms with Gasteiger partial charge in [-0.15, -0.1) is 0 Å². The van der Waals surface area contributed by atoms with E-state index in [0.717, 1.165) is 0 Å². The highest BCUT2D eigenvalue weighted by atomic mass is 35.5. The fourth-order valence-electron chi connectivity index (χ4n) is 1.19. The van der Waals surface area contributed by atoms with E-state index in [4.69, 9.17) is 22.4 Å². The van der Waals surface area contributed by atoms with Crippen LogP contribution in [0.3, 0.4) is 0 Å². The molecule has 0 radical (unpaired) electrons. The van der Waals surface area contributed by atoms with Gasteiger partial charge in [0.2, 0.25) is 0 Å². The highest BCUT2D eigenvalue weighted by Crippen LogP contribution is 2.20. The number of rotatable bonds is 4. The van der Waals surface area contributed by atoms with Gasteiger partial charge in [-0.1, -0.05) is 17.7 Å². The third-order valence-electron chi connectivity index (χ3n) is 2.08. The van der Waals surface area contributed by atoms with Gasteiger partial charge >= 0.3 is 5.97 Å². The molecule has 1 atom stereocenters. The number of benzene rings is 1. The van der Waals surface area contributed by atoms with Gasteiger partial charge in [-0.3, -0.25) is 4.79 Å². The molecule has 0 spiro atoms. The first-order valence-corrected chi connectivity index (χ1v) is 4.81. The molecule has 0 aliphatic rings. The zero-order valence-electron chi connectivity index (χ0n) is 7.91. The van der Waals surface area contributed by atoms with Crippen molar-refractivity contribution in [2.45, 2.75) is 18.9 Å². The molecular formula is C10H11ClFNO2. The Morgan fingerprint density at radius 3 is 2.80 bits per heavy atom. The summed E-state index contributed by atoms with van der Waals surface area (Å²) in [5.74, 6) is -1.53. The van der Waals surface area contributed by atoms with Crippen molar-refractivity contribution < 1.29 is 14.3 Å². The van der Waals surface area contributed by atoms with Crippen LogP contribution in [0.4, 0.5) is 4.39 Å². The van der Waals surface area contributed by atoms with Crippen molar-refractivity contribution in [2.24, 2.45) is 5.73 Å². The van der Waals surface area contributed by atoms with E-state index in [9.17, 15) is 9.18 Å². The Hall–Kier alpha value is -1.13. The number of hydrogen-bond donors (Lipinski definition) is 2. The first kappa shape index (κ1) is 11.9. The van der Waals surface area contributed by atoms with Gasteiger partial charge in [0.25, 0.3) is 0 Å². The molecule has 5 heteroatoms. The normalized spacial score (nSPS) is 12.5. The molecule has 3 N–H and O–H groups in total. The predicted octanol–water partition coefficient (Wildman–Crippen LogP) is 1.82. The van der Waals surface area contributed by atoms with Crippen molar-refractivity contribution in [1.82, 2.24) is 0 Å². The van der Waals surface area contributed by atoms with E-state index in [-0.39, 0.29) is 12.8 Å². The third kappa shape index (κ3) is 3.18. The Kier molecular flexibility index (Phi) is 4.05. The van der Waals surface area contributed by atoms with Gasteiger partial charge in [0.1, 0.15) is 11.9 Å². The second-order valence-electron chi connectivity index (χ2n) is 3.18. The zero-order chi connectivity index (χ0) is 11.4. The van der Waals surface area contributed by atoms with Gasteiger partial charge in [-0.25, -0.2) is 4.39 Å². The van der Waals surface area contributed by atoms with Crippen molar-refractivity contribution in [1.29, 1.82) is 0 Å². The highest BCUT2D eigenvalue weighted by molar-refractivity contribution is 6.31. The summed E-state index contributed by atoms with van der Waals surface area (Å²) >= 11 is 5.76. The average Bonchev–Trinajstić information content (AvgIpc) is 2.16. The largest absolute Gasteiger partial charge is 0.480 e. The van der Waals surface area contributed by atoms with Crippen molar-refractivity contribution in [3.8, 4) is 0 Å². The summed E-state index contributed by atoms with van der Waals surface area (Å²) in [6, 6.07) is 3.36. The summed E-state index contributed by atoms with van der Waals surface area (Å²) in [6.45, 7) is 0. The summed E-state index contributed by atoms with van der Waals surface area (Å²) in [4.78, 5) is 10.4. The lowest BCUT2D eigenvalue weighted by atomic mass is 10.1. The fraction of sp³-hybridized carbons (Fsp3) is 0.300. The molecule has 0 saturated carbocycles. The molecule has 1 rings (SSSR count). The Balaban J connectivity index is 2.69. The topological polar surface area (TPSA) is 63.3 Å². The van der Waals surface area contributed by atoms with Gasteiger partial charge in [0.05, 0.1) is 0 Å². The monoisotopic (exact) mass is 231 g/mol. The first-order valence-electron chi connectivity index (χ1n) is 4.43. The van der Waals surface area contributed by atoms with E-state index in [1.165, 1.54) is 12.1 Å². The summed E-state index contributed by atoms with van der Waals surface area (Å²) in [7, 11) is 0. The van der Waals surface area contributed by atoms with Crippen LogP contribution in [0.2, 0.25) is 5.02 Å². The molecule has 0 aromatic heterocycles. The van der Waals surface area contributed by atoms with Crippen LogP contribution in [0.25, 0.3) is 0 Å². The Morgan fingerprint density at radius 2 is 2.27 bits per heavy atom. The maximum absolute atomic E-state index is 13.2. The van der Waals surface area contributed by atoms with Crippen molar-refractivity contribution >= 4 is 17.6 Å². The molecule has 1 aromatic carbocycles. The molecule has 0 amide bonds. The average molecular weight is 232 g/mol. The van der Waals surface area contributed by atoms with Crippen LogP contribution in [0.5, 0.6) is 0 Å². The molecule has 82 valence electrons. The first-order chi connectivity index (χ1) is 7.02. The number of aliphatic carboxylic acids is 1. The van der Waals surface area contributed by atoms with Crippen molar-refractivity contribution in [3.63, 3.8) is 0 Å². The Labute approximate surface area is 91.7 Å².